The molecular weight excluding hydrogens is 448 g/mol. The molecule has 35 heavy (non-hydrogen) atoms. The van der Waals surface area contributed by atoms with Gasteiger partial charge in [-0.05, 0) is 68.6 Å². The summed E-state index contributed by atoms with van der Waals surface area (Å²) in [5.74, 6) is 2.08. The molecule has 1 fully saturated rings. The molecule has 1 amide bonds. The van der Waals surface area contributed by atoms with E-state index >= 15 is 0 Å². The summed E-state index contributed by atoms with van der Waals surface area (Å²) in [5, 5.41) is 14.2. The molecular formula is C27H34N2O6. The van der Waals surface area contributed by atoms with Crippen LogP contribution in [0.3, 0.4) is 0 Å². The summed E-state index contributed by atoms with van der Waals surface area (Å²) in [6.45, 7) is 2.64. The van der Waals surface area contributed by atoms with Gasteiger partial charge < -0.3 is 34.3 Å². The number of aliphatic hydroxyl groups is 1. The Labute approximate surface area is 206 Å². The summed E-state index contributed by atoms with van der Waals surface area (Å²) >= 11 is 0. The molecule has 1 aromatic rings. The fourth-order valence-electron chi connectivity index (χ4n) is 4.30. The lowest BCUT2D eigenvalue weighted by Crippen LogP contribution is -2.51. The van der Waals surface area contributed by atoms with Gasteiger partial charge in [-0.25, -0.2) is 0 Å². The summed E-state index contributed by atoms with van der Waals surface area (Å²) in [6, 6.07) is 6.66. The molecule has 1 aromatic carbocycles. The lowest BCUT2D eigenvalue weighted by atomic mass is 10.0. The molecule has 4 rings (SSSR count). The van der Waals surface area contributed by atoms with Gasteiger partial charge in [0.25, 0.3) is 0 Å². The standard InChI is InChI=1S/C27H34N2O6/c1-32-21-9-11-22(12-10-21)34-16-13-26(30)28-23(17-29-14-5-6-15-29)27(31)25-19-33-18-24(35-25)20-7-3-2-4-8-20/h2-3,7,9-12,18-19,23,27,31H,4-6,8,13-17H2,1H3,(H,28,30). The van der Waals surface area contributed by atoms with E-state index in [4.69, 9.17) is 18.9 Å². The van der Waals surface area contributed by atoms with Crippen molar-refractivity contribution in [1.29, 1.82) is 0 Å². The number of amides is 1. The van der Waals surface area contributed by atoms with Crippen molar-refractivity contribution in [2.24, 2.45) is 0 Å². The van der Waals surface area contributed by atoms with Crippen LogP contribution in [0.1, 0.15) is 32.1 Å². The zero-order chi connectivity index (χ0) is 24.5. The second kappa shape index (κ2) is 12.5. The van der Waals surface area contributed by atoms with Gasteiger partial charge in [0.05, 0.1) is 26.2 Å². The van der Waals surface area contributed by atoms with Crippen molar-refractivity contribution in [3.05, 3.63) is 72.1 Å². The summed E-state index contributed by atoms with van der Waals surface area (Å²) in [5.41, 5.74) is 1.01. The molecule has 0 radical (unpaired) electrons. The van der Waals surface area contributed by atoms with E-state index in [0.29, 0.717) is 18.1 Å². The Balaban J connectivity index is 1.34. The van der Waals surface area contributed by atoms with Gasteiger partial charge in [-0.15, -0.1) is 0 Å². The zero-order valence-electron chi connectivity index (χ0n) is 20.2. The van der Waals surface area contributed by atoms with Gasteiger partial charge in [-0.3, -0.25) is 4.79 Å². The van der Waals surface area contributed by atoms with E-state index in [1.165, 1.54) is 6.26 Å². The van der Waals surface area contributed by atoms with E-state index < -0.39 is 12.1 Å². The summed E-state index contributed by atoms with van der Waals surface area (Å²) < 4.78 is 22.3. The first kappa shape index (κ1) is 24.9. The number of carbonyl (C=O) groups is 1. The molecule has 0 saturated carbocycles. The minimum absolute atomic E-state index is 0.163. The molecule has 8 nitrogen and oxygen atoms in total. The third-order valence-corrected chi connectivity index (χ3v) is 6.25. The molecule has 0 bridgehead atoms. The smallest absolute Gasteiger partial charge is 0.223 e. The van der Waals surface area contributed by atoms with Crippen LogP contribution < -0.4 is 14.8 Å². The van der Waals surface area contributed by atoms with Crippen LogP contribution in [-0.2, 0) is 14.3 Å². The maximum Gasteiger partial charge on any atom is 0.223 e. The van der Waals surface area contributed by atoms with Gasteiger partial charge in [-0.1, -0.05) is 18.2 Å². The molecule has 2 aliphatic heterocycles. The fourth-order valence-corrected chi connectivity index (χ4v) is 4.30. The monoisotopic (exact) mass is 482 g/mol. The van der Waals surface area contributed by atoms with E-state index in [2.05, 4.69) is 16.3 Å². The fraction of sp³-hybridized carbons (Fsp3) is 0.444. The van der Waals surface area contributed by atoms with E-state index in [9.17, 15) is 9.90 Å². The maximum absolute atomic E-state index is 12.8. The van der Waals surface area contributed by atoms with Crippen LogP contribution in [0.5, 0.6) is 11.5 Å². The maximum atomic E-state index is 12.8. The van der Waals surface area contributed by atoms with Crippen molar-refractivity contribution in [1.82, 2.24) is 10.2 Å². The second-order valence-corrected chi connectivity index (χ2v) is 8.80. The first-order chi connectivity index (χ1) is 17.1. The van der Waals surface area contributed by atoms with Crippen molar-refractivity contribution in [2.45, 2.75) is 44.2 Å². The van der Waals surface area contributed by atoms with Crippen molar-refractivity contribution < 1.29 is 28.8 Å². The highest BCUT2D eigenvalue weighted by molar-refractivity contribution is 5.76. The van der Waals surface area contributed by atoms with Crippen molar-refractivity contribution >= 4 is 5.91 Å². The number of nitrogens with one attached hydrogen (secondary N) is 1. The normalized spacial score (nSPS) is 19.4. The molecule has 2 N–H and O–H groups in total. The number of benzene rings is 1. The zero-order valence-corrected chi connectivity index (χ0v) is 20.2. The van der Waals surface area contributed by atoms with E-state index in [-0.39, 0.29) is 24.7 Å². The molecule has 2 atom stereocenters. The highest BCUT2D eigenvalue weighted by Crippen LogP contribution is 2.28. The van der Waals surface area contributed by atoms with Crippen LogP contribution in [0.4, 0.5) is 0 Å². The average Bonchev–Trinajstić information content (AvgIpc) is 3.42. The highest BCUT2D eigenvalue weighted by atomic mass is 16.6. The third kappa shape index (κ3) is 7.13. The molecule has 2 unspecified atom stereocenters. The van der Waals surface area contributed by atoms with E-state index in [1.54, 1.807) is 37.6 Å². The van der Waals surface area contributed by atoms with Gasteiger partial charge in [0, 0.05) is 6.54 Å². The number of rotatable bonds is 11. The Bertz CT molecular complexity index is 976. The Morgan fingerprint density at radius 1 is 1.17 bits per heavy atom. The van der Waals surface area contributed by atoms with E-state index in [0.717, 1.165) is 50.1 Å². The number of ether oxygens (including phenoxy) is 4. The Morgan fingerprint density at radius 2 is 1.94 bits per heavy atom. The van der Waals surface area contributed by atoms with Crippen LogP contribution >= 0.6 is 0 Å². The second-order valence-electron chi connectivity index (χ2n) is 8.80. The number of methoxy groups -OCH3 is 1. The van der Waals surface area contributed by atoms with Crippen LogP contribution in [0.2, 0.25) is 0 Å². The predicted molar refractivity (Wildman–Crippen MR) is 132 cm³/mol. The number of nitrogens with zero attached hydrogens (tertiary/aromatic N) is 1. The molecule has 1 saturated heterocycles. The summed E-state index contributed by atoms with van der Waals surface area (Å²) in [4.78, 5) is 15.0. The van der Waals surface area contributed by atoms with Crippen LogP contribution in [0.15, 0.2) is 72.1 Å². The largest absolute Gasteiger partial charge is 0.497 e. The van der Waals surface area contributed by atoms with Gasteiger partial charge in [0.2, 0.25) is 5.91 Å². The number of likely N-dealkylation sites (tertiary alicyclic amines) is 1. The van der Waals surface area contributed by atoms with Gasteiger partial charge in [-0.2, -0.15) is 0 Å². The molecule has 0 spiro atoms. The topological polar surface area (TPSA) is 89.5 Å². The quantitative estimate of drug-likeness (QED) is 0.500. The van der Waals surface area contributed by atoms with Crippen LogP contribution in [-0.4, -0.2) is 61.4 Å². The Morgan fingerprint density at radius 3 is 2.66 bits per heavy atom. The lowest BCUT2D eigenvalue weighted by molar-refractivity contribution is -0.123. The van der Waals surface area contributed by atoms with Crippen molar-refractivity contribution in [3.8, 4) is 11.5 Å². The Kier molecular flexibility index (Phi) is 8.86. The summed E-state index contributed by atoms with van der Waals surface area (Å²) in [6.07, 6.45) is 12.1. The SMILES string of the molecule is COc1ccc(OCCC(=O)NC(CN2CCCC2)C(O)C2=COC=C(C3=CC=CCC3)O2)cc1. The van der Waals surface area contributed by atoms with Gasteiger partial charge in [0.1, 0.15) is 30.1 Å². The number of carbonyl (C=O) groups excluding carboxylic acids is 1. The minimum Gasteiger partial charge on any atom is -0.497 e. The average molecular weight is 483 g/mol. The van der Waals surface area contributed by atoms with E-state index in [1.807, 2.05) is 12.2 Å². The molecule has 3 aliphatic rings. The van der Waals surface area contributed by atoms with Crippen LogP contribution in [0, 0.1) is 0 Å². The van der Waals surface area contributed by atoms with Crippen molar-refractivity contribution in [3.63, 3.8) is 0 Å². The predicted octanol–water partition coefficient (Wildman–Crippen LogP) is 3.41. The third-order valence-electron chi connectivity index (χ3n) is 6.25. The molecule has 0 aromatic heterocycles. The molecule has 188 valence electrons. The first-order valence-corrected chi connectivity index (χ1v) is 12.2. The number of allylic oxidation sites excluding steroid dienone is 4. The Hall–Kier alpha value is -3.23. The first-order valence-electron chi connectivity index (χ1n) is 12.2. The summed E-state index contributed by atoms with van der Waals surface area (Å²) in [7, 11) is 1.61. The van der Waals surface area contributed by atoms with Gasteiger partial charge >= 0.3 is 0 Å². The van der Waals surface area contributed by atoms with Crippen LogP contribution in [0.25, 0.3) is 0 Å². The van der Waals surface area contributed by atoms with Gasteiger partial charge in [0.15, 0.2) is 11.5 Å². The minimum atomic E-state index is -1.05. The molecule has 2 heterocycles. The number of hydrogen-bond acceptors (Lipinski definition) is 7. The highest BCUT2D eigenvalue weighted by Gasteiger charge is 2.31. The molecule has 8 heteroatoms. The molecule has 1 aliphatic carbocycles. The number of hydrogen-bond donors (Lipinski definition) is 2. The van der Waals surface area contributed by atoms with Crippen molar-refractivity contribution in [2.75, 3.05) is 33.4 Å². The lowest BCUT2D eigenvalue weighted by Gasteiger charge is -2.30. The number of aliphatic hydroxyl groups excluding tert-OH is 1.